The van der Waals surface area contributed by atoms with Gasteiger partial charge in [0, 0.05) is 22.6 Å². The molecule has 1 amide bonds. The van der Waals surface area contributed by atoms with Gasteiger partial charge in [-0.1, -0.05) is 15.9 Å². The summed E-state index contributed by atoms with van der Waals surface area (Å²) in [4.78, 5) is 14.7. The standard InChI is InChI=1S/C15H18BrNO/c1-10-6-12(8-13(16)7-10)15(18)17(14-4-5-14)9-11-2-3-11/h6-8,11,14H,2-5,9H2,1H3. The fourth-order valence-corrected chi connectivity index (χ4v) is 3.00. The molecule has 2 aliphatic carbocycles. The number of benzene rings is 1. The van der Waals surface area contributed by atoms with Crippen molar-refractivity contribution in [2.45, 2.75) is 38.6 Å². The van der Waals surface area contributed by atoms with Crippen LogP contribution in [0.15, 0.2) is 22.7 Å². The average molecular weight is 308 g/mol. The minimum absolute atomic E-state index is 0.216. The Morgan fingerprint density at radius 1 is 1.28 bits per heavy atom. The number of amides is 1. The molecule has 1 aromatic rings. The minimum atomic E-state index is 0.216. The van der Waals surface area contributed by atoms with Gasteiger partial charge in [-0.3, -0.25) is 4.79 Å². The molecule has 1 aromatic carbocycles. The van der Waals surface area contributed by atoms with E-state index < -0.39 is 0 Å². The Morgan fingerprint density at radius 2 is 2.00 bits per heavy atom. The van der Waals surface area contributed by atoms with E-state index >= 15 is 0 Å². The van der Waals surface area contributed by atoms with Crippen LogP contribution < -0.4 is 0 Å². The zero-order valence-electron chi connectivity index (χ0n) is 10.7. The second-order valence-electron chi connectivity index (χ2n) is 5.65. The molecule has 18 heavy (non-hydrogen) atoms. The molecular weight excluding hydrogens is 290 g/mol. The predicted molar refractivity (Wildman–Crippen MR) is 75.7 cm³/mol. The molecule has 2 nitrogen and oxygen atoms in total. The summed E-state index contributed by atoms with van der Waals surface area (Å²) in [5.41, 5.74) is 1.96. The van der Waals surface area contributed by atoms with E-state index in [1.807, 2.05) is 25.1 Å². The molecule has 0 heterocycles. The first kappa shape index (κ1) is 12.2. The molecule has 0 unspecified atom stereocenters. The summed E-state index contributed by atoms with van der Waals surface area (Å²) in [7, 11) is 0. The summed E-state index contributed by atoms with van der Waals surface area (Å²) in [6.07, 6.45) is 4.97. The Bertz CT molecular complexity index is 457. The molecule has 2 fully saturated rings. The largest absolute Gasteiger partial charge is 0.335 e. The highest BCUT2D eigenvalue weighted by Gasteiger charge is 2.36. The van der Waals surface area contributed by atoms with Crippen molar-refractivity contribution in [1.29, 1.82) is 0 Å². The van der Waals surface area contributed by atoms with Gasteiger partial charge in [0.25, 0.3) is 5.91 Å². The van der Waals surface area contributed by atoms with Gasteiger partial charge in [-0.15, -0.1) is 0 Å². The molecule has 2 saturated carbocycles. The Labute approximate surface area is 116 Å². The Morgan fingerprint density at radius 3 is 2.56 bits per heavy atom. The van der Waals surface area contributed by atoms with Gasteiger partial charge in [-0.05, 0) is 62.3 Å². The minimum Gasteiger partial charge on any atom is -0.335 e. The van der Waals surface area contributed by atoms with E-state index in [1.54, 1.807) is 0 Å². The number of nitrogens with zero attached hydrogens (tertiary/aromatic N) is 1. The lowest BCUT2D eigenvalue weighted by Crippen LogP contribution is -2.34. The van der Waals surface area contributed by atoms with Crippen molar-refractivity contribution in [2.75, 3.05) is 6.54 Å². The van der Waals surface area contributed by atoms with Gasteiger partial charge < -0.3 is 4.90 Å². The summed E-state index contributed by atoms with van der Waals surface area (Å²) in [5.74, 6) is 0.983. The smallest absolute Gasteiger partial charge is 0.254 e. The lowest BCUT2D eigenvalue weighted by Gasteiger charge is -2.22. The lowest BCUT2D eigenvalue weighted by molar-refractivity contribution is 0.0734. The number of rotatable bonds is 4. The van der Waals surface area contributed by atoms with Gasteiger partial charge >= 0.3 is 0 Å². The fraction of sp³-hybridized carbons (Fsp3) is 0.533. The van der Waals surface area contributed by atoms with Gasteiger partial charge in [-0.2, -0.15) is 0 Å². The summed E-state index contributed by atoms with van der Waals surface area (Å²) in [5, 5.41) is 0. The maximum Gasteiger partial charge on any atom is 0.254 e. The summed E-state index contributed by atoms with van der Waals surface area (Å²) in [6, 6.07) is 6.49. The number of carbonyl (C=O) groups excluding carboxylic acids is 1. The molecule has 3 heteroatoms. The molecule has 0 atom stereocenters. The van der Waals surface area contributed by atoms with Crippen LogP contribution in [-0.2, 0) is 0 Å². The lowest BCUT2D eigenvalue weighted by atomic mass is 10.1. The van der Waals surface area contributed by atoms with Crippen LogP contribution in [0.5, 0.6) is 0 Å². The number of halogens is 1. The van der Waals surface area contributed by atoms with Crippen LogP contribution in [0.3, 0.4) is 0 Å². The number of carbonyl (C=O) groups is 1. The van der Waals surface area contributed by atoms with Crippen LogP contribution in [-0.4, -0.2) is 23.4 Å². The molecule has 0 spiro atoms. The van der Waals surface area contributed by atoms with Crippen LogP contribution in [0.4, 0.5) is 0 Å². The number of hydrogen-bond acceptors (Lipinski definition) is 1. The quantitative estimate of drug-likeness (QED) is 0.829. The Kier molecular flexibility index (Phi) is 3.18. The van der Waals surface area contributed by atoms with Crippen LogP contribution >= 0.6 is 15.9 Å². The van der Waals surface area contributed by atoms with E-state index in [2.05, 4.69) is 20.8 Å². The summed E-state index contributed by atoms with van der Waals surface area (Å²) < 4.78 is 0.994. The average Bonchev–Trinajstić information content (AvgIpc) is 3.15. The zero-order valence-corrected chi connectivity index (χ0v) is 12.2. The van der Waals surface area contributed by atoms with E-state index in [1.165, 1.54) is 25.7 Å². The van der Waals surface area contributed by atoms with Gasteiger partial charge in [0.2, 0.25) is 0 Å². The predicted octanol–water partition coefficient (Wildman–Crippen LogP) is 3.77. The van der Waals surface area contributed by atoms with Crippen LogP contribution in [0.25, 0.3) is 0 Å². The third-order valence-electron chi connectivity index (χ3n) is 3.69. The van der Waals surface area contributed by atoms with Crippen LogP contribution in [0, 0.1) is 12.8 Å². The first-order valence-electron chi connectivity index (χ1n) is 6.71. The van der Waals surface area contributed by atoms with Gasteiger partial charge in [-0.25, -0.2) is 0 Å². The molecule has 0 aromatic heterocycles. The SMILES string of the molecule is Cc1cc(Br)cc(C(=O)N(CC2CC2)C2CC2)c1. The van der Waals surface area contributed by atoms with Crippen LogP contribution in [0.1, 0.15) is 41.6 Å². The van der Waals surface area contributed by atoms with E-state index in [-0.39, 0.29) is 5.91 Å². The summed E-state index contributed by atoms with van der Waals surface area (Å²) >= 11 is 3.48. The molecule has 0 N–H and O–H groups in total. The second kappa shape index (κ2) is 4.69. The zero-order chi connectivity index (χ0) is 12.7. The van der Waals surface area contributed by atoms with E-state index in [9.17, 15) is 4.79 Å². The third kappa shape index (κ3) is 2.77. The second-order valence-corrected chi connectivity index (χ2v) is 6.56. The Hall–Kier alpha value is -0.830. The van der Waals surface area contributed by atoms with Gasteiger partial charge in [0.05, 0.1) is 0 Å². The third-order valence-corrected chi connectivity index (χ3v) is 4.15. The first-order chi connectivity index (χ1) is 8.63. The topological polar surface area (TPSA) is 20.3 Å². The molecule has 2 aliphatic rings. The van der Waals surface area contributed by atoms with Crippen LogP contribution in [0.2, 0.25) is 0 Å². The highest BCUT2D eigenvalue weighted by Crippen LogP contribution is 2.35. The molecular formula is C15H18BrNO. The monoisotopic (exact) mass is 307 g/mol. The number of aryl methyl sites for hydroxylation is 1. The van der Waals surface area contributed by atoms with E-state index in [0.717, 1.165) is 28.1 Å². The Balaban J connectivity index is 1.81. The van der Waals surface area contributed by atoms with Crippen molar-refractivity contribution in [3.05, 3.63) is 33.8 Å². The maximum absolute atomic E-state index is 12.6. The molecule has 0 aliphatic heterocycles. The summed E-state index contributed by atoms with van der Waals surface area (Å²) in [6.45, 7) is 3.00. The van der Waals surface area contributed by atoms with Gasteiger partial charge in [0.1, 0.15) is 0 Å². The molecule has 96 valence electrons. The van der Waals surface area contributed by atoms with Gasteiger partial charge in [0.15, 0.2) is 0 Å². The highest BCUT2D eigenvalue weighted by atomic mass is 79.9. The molecule has 0 bridgehead atoms. The van der Waals surface area contributed by atoms with Crippen molar-refractivity contribution in [3.63, 3.8) is 0 Å². The maximum atomic E-state index is 12.6. The molecule has 0 saturated heterocycles. The fourth-order valence-electron chi connectivity index (χ4n) is 2.39. The van der Waals surface area contributed by atoms with Crippen molar-refractivity contribution < 1.29 is 4.79 Å². The first-order valence-corrected chi connectivity index (χ1v) is 7.51. The highest BCUT2D eigenvalue weighted by molar-refractivity contribution is 9.10. The molecule has 3 rings (SSSR count). The van der Waals surface area contributed by atoms with Crippen molar-refractivity contribution in [1.82, 2.24) is 4.90 Å². The molecule has 0 radical (unpaired) electrons. The van der Waals surface area contributed by atoms with Crippen molar-refractivity contribution in [3.8, 4) is 0 Å². The van der Waals surface area contributed by atoms with E-state index in [4.69, 9.17) is 0 Å². The van der Waals surface area contributed by atoms with Crippen molar-refractivity contribution >= 4 is 21.8 Å². The van der Waals surface area contributed by atoms with E-state index in [0.29, 0.717) is 6.04 Å². The normalized spacial score (nSPS) is 18.8. The van der Waals surface area contributed by atoms with Crippen molar-refractivity contribution in [2.24, 2.45) is 5.92 Å². The number of hydrogen-bond donors (Lipinski definition) is 0.